The van der Waals surface area contributed by atoms with E-state index in [-0.39, 0.29) is 10.0 Å². The van der Waals surface area contributed by atoms with Gasteiger partial charge in [-0.15, -0.1) is 11.3 Å². The molecule has 0 aliphatic rings. The van der Waals surface area contributed by atoms with Gasteiger partial charge in [0.1, 0.15) is 0 Å². The molecular weight excluding hydrogens is 410 g/mol. The molecule has 2 aromatic carbocycles. The molecule has 0 bridgehead atoms. The summed E-state index contributed by atoms with van der Waals surface area (Å²) in [6.07, 6.45) is 4.89. The fraction of sp³-hybridized carbons (Fsp3) is 0. The molecular formula is C19H15N5O3S2. The topological polar surface area (TPSA) is 113 Å². The summed E-state index contributed by atoms with van der Waals surface area (Å²) in [5.41, 5.74) is 1.10. The Labute approximate surface area is 170 Å². The third kappa shape index (κ3) is 4.33. The molecule has 8 nitrogen and oxygen atoms in total. The number of sulfonamides is 1. The average Bonchev–Trinajstić information content (AvgIpc) is 3.21. The van der Waals surface area contributed by atoms with Gasteiger partial charge in [-0.25, -0.2) is 18.2 Å². The maximum atomic E-state index is 12.3. The normalized spacial score (nSPS) is 11.2. The highest BCUT2D eigenvalue weighted by Gasteiger charge is 2.15. The first-order valence-corrected chi connectivity index (χ1v) is 10.8. The van der Waals surface area contributed by atoms with Crippen LogP contribution in [0.2, 0.25) is 0 Å². The van der Waals surface area contributed by atoms with Crippen LogP contribution in [0.25, 0.3) is 10.8 Å². The molecule has 0 aliphatic heterocycles. The van der Waals surface area contributed by atoms with E-state index in [1.54, 1.807) is 23.8 Å². The lowest BCUT2D eigenvalue weighted by molar-refractivity contribution is 0.262. The molecule has 0 fully saturated rings. The van der Waals surface area contributed by atoms with Crippen LogP contribution in [0.5, 0.6) is 0 Å². The minimum Gasteiger partial charge on any atom is -0.308 e. The number of anilines is 3. The molecule has 0 aliphatic carbocycles. The Morgan fingerprint density at radius 1 is 0.966 bits per heavy atom. The Morgan fingerprint density at radius 2 is 1.79 bits per heavy atom. The van der Waals surface area contributed by atoms with Crippen LogP contribution in [-0.4, -0.2) is 24.4 Å². The van der Waals surface area contributed by atoms with Gasteiger partial charge in [-0.2, -0.15) is 0 Å². The number of hydrogen-bond donors (Lipinski definition) is 3. The van der Waals surface area contributed by atoms with Crippen molar-refractivity contribution < 1.29 is 13.2 Å². The number of thiazole rings is 1. The highest BCUT2D eigenvalue weighted by molar-refractivity contribution is 7.93. The fourth-order valence-electron chi connectivity index (χ4n) is 2.68. The number of carbonyl (C=O) groups excluding carboxylic acids is 1. The predicted octanol–water partition coefficient (Wildman–Crippen LogP) is 4.14. The third-order valence-corrected chi connectivity index (χ3v) is 6.18. The van der Waals surface area contributed by atoms with Gasteiger partial charge in [-0.05, 0) is 36.4 Å². The van der Waals surface area contributed by atoms with Crippen LogP contribution in [-0.2, 0) is 10.0 Å². The van der Waals surface area contributed by atoms with Crippen molar-refractivity contribution in [2.75, 3.05) is 15.4 Å². The number of urea groups is 1. The van der Waals surface area contributed by atoms with Crippen LogP contribution in [0.15, 0.2) is 77.4 Å². The SMILES string of the molecule is O=C(Nc1ccc(S(=O)(=O)Nc2nccs2)cc1)Nc1cccc2cnccc12. The number of rotatable bonds is 5. The average molecular weight is 425 g/mol. The Balaban J connectivity index is 1.45. The van der Waals surface area contributed by atoms with Gasteiger partial charge in [-0.3, -0.25) is 9.71 Å². The Hall–Kier alpha value is -3.50. The van der Waals surface area contributed by atoms with Crippen LogP contribution < -0.4 is 15.4 Å². The molecule has 3 N–H and O–H groups in total. The minimum atomic E-state index is -3.74. The molecule has 0 atom stereocenters. The van der Waals surface area contributed by atoms with E-state index in [4.69, 9.17) is 0 Å². The van der Waals surface area contributed by atoms with Crippen molar-refractivity contribution in [2.24, 2.45) is 0 Å². The molecule has 4 aromatic rings. The number of amides is 2. The van der Waals surface area contributed by atoms with Crippen LogP contribution >= 0.6 is 11.3 Å². The van der Waals surface area contributed by atoms with Crippen molar-refractivity contribution in [3.8, 4) is 0 Å². The Kier molecular flexibility index (Phi) is 5.10. The summed E-state index contributed by atoms with van der Waals surface area (Å²) < 4.78 is 27.1. The first-order valence-electron chi connectivity index (χ1n) is 8.44. The summed E-state index contributed by atoms with van der Waals surface area (Å²) >= 11 is 1.19. The number of hydrogen-bond acceptors (Lipinski definition) is 6. The molecule has 0 spiro atoms. The molecule has 146 valence electrons. The lowest BCUT2D eigenvalue weighted by atomic mass is 10.1. The van der Waals surface area contributed by atoms with Crippen LogP contribution in [0, 0.1) is 0 Å². The smallest absolute Gasteiger partial charge is 0.308 e. The Bertz CT molecular complexity index is 1250. The van der Waals surface area contributed by atoms with Gasteiger partial charge in [0, 0.05) is 40.4 Å². The summed E-state index contributed by atoms with van der Waals surface area (Å²) in [5, 5.41) is 9.22. The molecule has 10 heteroatoms. The van der Waals surface area contributed by atoms with E-state index in [9.17, 15) is 13.2 Å². The van der Waals surface area contributed by atoms with E-state index in [1.807, 2.05) is 18.2 Å². The molecule has 2 aromatic heterocycles. The molecule has 0 radical (unpaired) electrons. The molecule has 2 amide bonds. The van der Waals surface area contributed by atoms with E-state index < -0.39 is 16.1 Å². The summed E-state index contributed by atoms with van der Waals surface area (Å²) in [5.74, 6) is 0. The maximum absolute atomic E-state index is 12.3. The van der Waals surface area contributed by atoms with E-state index in [2.05, 4.69) is 25.3 Å². The fourth-order valence-corrected chi connectivity index (χ4v) is 4.47. The molecule has 0 saturated carbocycles. The summed E-state index contributed by atoms with van der Waals surface area (Å²) in [4.78, 5) is 20.4. The maximum Gasteiger partial charge on any atom is 0.323 e. The van der Waals surface area contributed by atoms with Gasteiger partial charge in [0.15, 0.2) is 5.13 Å². The molecule has 2 heterocycles. The van der Waals surface area contributed by atoms with Crippen molar-refractivity contribution in [1.82, 2.24) is 9.97 Å². The molecule has 0 saturated heterocycles. The molecule has 29 heavy (non-hydrogen) atoms. The monoisotopic (exact) mass is 425 g/mol. The van der Waals surface area contributed by atoms with Crippen molar-refractivity contribution in [2.45, 2.75) is 4.90 Å². The number of benzene rings is 2. The van der Waals surface area contributed by atoms with Crippen LogP contribution in [0.1, 0.15) is 0 Å². The highest BCUT2D eigenvalue weighted by atomic mass is 32.2. The summed E-state index contributed by atoms with van der Waals surface area (Å²) in [6.45, 7) is 0. The zero-order valence-electron chi connectivity index (χ0n) is 14.9. The number of aromatic nitrogens is 2. The summed E-state index contributed by atoms with van der Waals surface area (Å²) in [6, 6.07) is 12.8. The van der Waals surface area contributed by atoms with E-state index in [0.717, 1.165) is 10.8 Å². The standard InChI is InChI=1S/C19H15N5O3S2/c25-18(23-17-3-1-2-13-12-20-9-8-16(13)17)22-14-4-6-15(7-5-14)29(26,27)24-19-21-10-11-28-19/h1-12H,(H,21,24)(H2,22,23,25). The predicted molar refractivity (Wildman–Crippen MR) is 114 cm³/mol. The minimum absolute atomic E-state index is 0.0696. The number of nitrogens with one attached hydrogen (secondary N) is 3. The van der Waals surface area contributed by atoms with Crippen molar-refractivity contribution in [3.05, 3.63) is 72.5 Å². The second kappa shape index (κ2) is 7.86. The van der Waals surface area contributed by atoms with E-state index in [1.165, 1.54) is 41.8 Å². The second-order valence-corrected chi connectivity index (χ2v) is 8.53. The number of fused-ring (bicyclic) bond motifs is 1. The van der Waals surface area contributed by atoms with Gasteiger partial charge in [0.2, 0.25) is 0 Å². The van der Waals surface area contributed by atoms with Crippen molar-refractivity contribution in [3.63, 3.8) is 0 Å². The van der Waals surface area contributed by atoms with Gasteiger partial charge in [0.25, 0.3) is 10.0 Å². The quantitative estimate of drug-likeness (QED) is 0.445. The number of carbonyl (C=O) groups is 1. The first-order chi connectivity index (χ1) is 14.0. The lowest BCUT2D eigenvalue weighted by Gasteiger charge is -2.11. The number of pyridine rings is 1. The van der Waals surface area contributed by atoms with Gasteiger partial charge < -0.3 is 10.6 Å². The van der Waals surface area contributed by atoms with Gasteiger partial charge in [0.05, 0.1) is 10.6 Å². The van der Waals surface area contributed by atoms with Crippen molar-refractivity contribution in [1.29, 1.82) is 0 Å². The molecule has 4 rings (SSSR count). The zero-order chi connectivity index (χ0) is 20.3. The summed E-state index contributed by atoms with van der Waals surface area (Å²) in [7, 11) is -3.74. The largest absolute Gasteiger partial charge is 0.323 e. The molecule has 0 unspecified atom stereocenters. The van der Waals surface area contributed by atoms with Crippen molar-refractivity contribution >= 4 is 54.7 Å². The Morgan fingerprint density at radius 3 is 2.55 bits per heavy atom. The van der Waals surface area contributed by atoms with Crippen LogP contribution in [0.3, 0.4) is 0 Å². The number of nitrogens with zero attached hydrogens (tertiary/aromatic N) is 2. The van der Waals surface area contributed by atoms with Crippen LogP contribution in [0.4, 0.5) is 21.3 Å². The van der Waals surface area contributed by atoms with Gasteiger partial charge in [-0.1, -0.05) is 12.1 Å². The zero-order valence-corrected chi connectivity index (χ0v) is 16.5. The second-order valence-electron chi connectivity index (χ2n) is 5.95. The van der Waals surface area contributed by atoms with E-state index >= 15 is 0 Å². The lowest BCUT2D eigenvalue weighted by Crippen LogP contribution is -2.19. The highest BCUT2D eigenvalue weighted by Crippen LogP contribution is 2.23. The van der Waals surface area contributed by atoms with E-state index in [0.29, 0.717) is 11.4 Å². The van der Waals surface area contributed by atoms with Gasteiger partial charge >= 0.3 is 6.03 Å². The third-order valence-electron chi connectivity index (χ3n) is 4.01. The first kappa shape index (κ1) is 18.8.